The molecule has 0 aromatic heterocycles. The normalized spacial score (nSPS) is 20.9. The molecule has 1 heterocycles. The Morgan fingerprint density at radius 1 is 1.02 bits per heavy atom. The number of phenolic OH excluding ortho intramolecular Hbond substituents is 5. The highest BCUT2D eigenvalue weighted by Gasteiger charge is 2.65. The molecule has 10 heteroatoms. The fourth-order valence-corrected chi connectivity index (χ4v) is 5.92. The Morgan fingerprint density at radius 2 is 1.65 bits per heavy atom. The van der Waals surface area contributed by atoms with Gasteiger partial charge < -0.3 is 40.1 Å². The van der Waals surface area contributed by atoms with Crippen LogP contribution in [0.2, 0.25) is 0 Å². The molecule has 3 aromatic carbocycles. The van der Waals surface area contributed by atoms with Gasteiger partial charge in [-0.15, -0.1) is 0 Å². The van der Waals surface area contributed by atoms with Crippen LogP contribution in [0, 0.1) is 12.3 Å². The number of ketones is 2. The molecule has 0 amide bonds. The van der Waals surface area contributed by atoms with Gasteiger partial charge in [0.25, 0.3) is 0 Å². The first-order valence-electron chi connectivity index (χ1n) is 12.6. The van der Waals surface area contributed by atoms with E-state index in [4.69, 9.17) is 9.47 Å². The number of carbonyl (C=O) groups excluding carboxylic acids is 2. The Labute approximate surface area is 228 Å². The molecule has 6 N–H and O–H groups in total. The molecule has 1 aliphatic heterocycles. The van der Waals surface area contributed by atoms with E-state index in [2.05, 4.69) is 6.58 Å². The lowest BCUT2D eigenvalue weighted by Crippen LogP contribution is -2.55. The Balaban J connectivity index is 2.02. The minimum absolute atomic E-state index is 0.00708. The van der Waals surface area contributed by atoms with Crippen LogP contribution in [0.25, 0.3) is 23.1 Å². The van der Waals surface area contributed by atoms with E-state index in [1.807, 2.05) is 0 Å². The first kappa shape index (κ1) is 27.1. The van der Waals surface area contributed by atoms with Gasteiger partial charge in [-0.2, -0.15) is 0 Å². The maximum absolute atomic E-state index is 13.9. The van der Waals surface area contributed by atoms with Crippen LogP contribution in [-0.2, 0) is 11.2 Å². The number of aliphatic hydroxyl groups is 1. The van der Waals surface area contributed by atoms with Crippen LogP contribution in [0.4, 0.5) is 0 Å². The minimum atomic E-state index is -2.26. The summed E-state index contributed by atoms with van der Waals surface area (Å²) in [5.41, 5.74) is -3.67. The molecule has 0 radical (unpaired) electrons. The van der Waals surface area contributed by atoms with E-state index in [1.165, 1.54) is 13.0 Å². The van der Waals surface area contributed by atoms with Crippen molar-refractivity contribution in [3.63, 3.8) is 0 Å². The topological polar surface area (TPSA) is 174 Å². The second-order valence-electron chi connectivity index (χ2n) is 11.0. The van der Waals surface area contributed by atoms with Gasteiger partial charge in [-0.25, -0.2) is 0 Å². The van der Waals surface area contributed by atoms with Crippen LogP contribution in [0.15, 0.2) is 6.07 Å². The van der Waals surface area contributed by atoms with E-state index >= 15 is 0 Å². The van der Waals surface area contributed by atoms with Crippen LogP contribution in [-0.4, -0.2) is 61.0 Å². The van der Waals surface area contributed by atoms with Crippen molar-refractivity contribution in [1.82, 2.24) is 0 Å². The molecule has 10 nitrogen and oxygen atoms in total. The summed E-state index contributed by atoms with van der Waals surface area (Å²) in [4.78, 5) is 26.1. The average Bonchev–Trinajstić information content (AvgIpc) is 3.06. The number of carbonyl (C=O) groups is 2. The first-order chi connectivity index (χ1) is 18.5. The third-order valence-corrected chi connectivity index (χ3v) is 8.70. The Kier molecular flexibility index (Phi) is 5.62. The lowest BCUT2D eigenvalue weighted by molar-refractivity contribution is -0.00239. The van der Waals surface area contributed by atoms with Crippen LogP contribution in [0.1, 0.15) is 65.1 Å². The second kappa shape index (κ2) is 8.28. The number of methoxy groups -OCH3 is 1. The maximum atomic E-state index is 13.9. The zero-order valence-corrected chi connectivity index (χ0v) is 22.9. The van der Waals surface area contributed by atoms with Gasteiger partial charge >= 0.3 is 0 Å². The van der Waals surface area contributed by atoms with E-state index in [0.29, 0.717) is 5.56 Å². The van der Waals surface area contributed by atoms with Crippen molar-refractivity contribution in [3.05, 3.63) is 44.3 Å². The number of ether oxygens (including phenoxy) is 2. The van der Waals surface area contributed by atoms with E-state index in [1.54, 1.807) is 27.7 Å². The van der Waals surface area contributed by atoms with Crippen LogP contribution < -0.4 is 15.2 Å². The van der Waals surface area contributed by atoms with Crippen molar-refractivity contribution in [2.24, 2.45) is 5.41 Å². The number of aryl methyl sites for hydroxylation is 1. The summed E-state index contributed by atoms with van der Waals surface area (Å²) in [5.74, 6) is -4.84. The Morgan fingerprint density at radius 3 is 2.23 bits per heavy atom. The molecular formula is C30H30O10. The summed E-state index contributed by atoms with van der Waals surface area (Å²) in [5, 5.41) is 67.2. The maximum Gasteiger partial charge on any atom is 0.207 e. The third kappa shape index (κ3) is 3.02. The second-order valence-corrected chi connectivity index (χ2v) is 11.0. The summed E-state index contributed by atoms with van der Waals surface area (Å²) >= 11 is 0. The number of benzene rings is 3. The molecule has 2 unspecified atom stereocenters. The van der Waals surface area contributed by atoms with Gasteiger partial charge in [0.15, 0.2) is 22.9 Å². The number of hydrogen-bond acceptors (Lipinski definition) is 10. The number of aromatic hydroxyl groups is 5. The first-order valence-corrected chi connectivity index (χ1v) is 12.6. The predicted octanol–water partition coefficient (Wildman–Crippen LogP) is 2.37. The van der Waals surface area contributed by atoms with Crippen molar-refractivity contribution < 1.29 is 49.7 Å². The summed E-state index contributed by atoms with van der Waals surface area (Å²) < 4.78 is 11.2. The molecule has 1 fully saturated rings. The van der Waals surface area contributed by atoms with Gasteiger partial charge in [0, 0.05) is 33.6 Å². The molecule has 1 aliphatic carbocycles. The largest absolute Gasteiger partial charge is 0.507 e. The lowest BCUT2D eigenvalue weighted by Gasteiger charge is -2.37. The molecule has 0 spiro atoms. The van der Waals surface area contributed by atoms with Gasteiger partial charge in [-0.05, 0) is 37.6 Å². The van der Waals surface area contributed by atoms with Gasteiger partial charge in [0.05, 0.1) is 23.6 Å². The molecule has 3 aromatic rings. The van der Waals surface area contributed by atoms with E-state index in [9.17, 15) is 40.2 Å². The molecule has 5 rings (SSSR count). The smallest absolute Gasteiger partial charge is 0.207 e. The number of fused-ring (bicyclic) bond motifs is 1. The van der Waals surface area contributed by atoms with E-state index in [0.717, 1.165) is 7.11 Å². The number of Topliss-reactive ketones (excluding diaryl/α,β-unsaturated/α-hetero) is 2. The van der Waals surface area contributed by atoms with Gasteiger partial charge in [-0.3, -0.25) is 9.59 Å². The third-order valence-electron chi connectivity index (χ3n) is 8.70. The van der Waals surface area contributed by atoms with Crippen molar-refractivity contribution in [2.45, 2.75) is 52.7 Å². The minimum Gasteiger partial charge on any atom is -0.507 e. The quantitative estimate of drug-likeness (QED) is 0.265. The molecule has 2 aliphatic rings. The summed E-state index contributed by atoms with van der Waals surface area (Å²) in [7, 11) is 1.15. The fourth-order valence-electron chi connectivity index (χ4n) is 5.92. The highest BCUT2D eigenvalue weighted by Crippen LogP contribution is 2.56. The van der Waals surface area contributed by atoms with Crippen LogP contribution >= 0.6 is 0 Å². The van der Waals surface area contributed by atoms with Gasteiger partial charge in [0.2, 0.25) is 11.5 Å². The molecular weight excluding hydrogens is 520 g/mol. The van der Waals surface area contributed by atoms with Crippen LogP contribution in [0.3, 0.4) is 0 Å². The molecule has 40 heavy (non-hydrogen) atoms. The molecule has 1 saturated heterocycles. The summed E-state index contributed by atoms with van der Waals surface area (Å²) in [6.45, 7) is 11.8. The van der Waals surface area contributed by atoms with Crippen LogP contribution in [0.5, 0.6) is 34.5 Å². The van der Waals surface area contributed by atoms with Gasteiger partial charge in [-0.1, -0.05) is 20.4 Å². The Bertz CT molecular complexity index is 1820. The van der Waals surface area contributed by atoms with Gasteiger partial charge in [0.1, 0.15) is 29.1 Å². The van der Waals surface area contributed by atoms with Crippen molar-refractivity contribution in [2.75, 3.05) is 7.11 Å². The highest BCUT2D eigenvalue weighted by molar-refractivity contribution is 6.23. The molecule has 0 bridgehead atoms. The predicted molar refractivity (Wildman–Crippen MR) is 145 cm³/mol. The SMILES string of the molecule is C=c1c(Cc2c(O)c(C)cc(C(C)=O)c2O)c(O)c2c(O)c(OC)c(O)c3c2c1=C1OC(C)C(C)(C)C1(O)C3=O. The van der Waals surface area contributed by atoms with E-state index < -0.39 is 57.4 Å². The standard InChI is InChI=1S/C30H30O10/c1-10-8-15(12(3)31)22(33)16(21(10)32)9-14-11(2)17-18-19(23(14)34)24(35)26(39-7)25(36)20(18)27(37)30(38)28(17)40-13(4)29(30,5)6/h8,13,32-36,38H,2,9H2,1,3-7H3. The van der Waals surface area contributed by atoms with Crippen molar-refractivity contribution in [3.8, 4) is 34.5 Å². The monoisotopic (exact) mass is 550 g/mol. The molecule has 0 saturated carbocycles. The number of phenols is 5. The number of rotatable bonds is 4. The molecule has 210 valence electrons. The Hall–Kier alpha value is -4.44. The van der Waals surface area contributed by atoms with Crippen molar-refractivity contribution >= 4 is 34.7 Å². The summed E-state index contributed by atoms with van der Waals surface area (Å²) in [6.07, 6.45) is -1.05. The zero-order valence-electron chi connectivity index (χ0n) is 22.9. The number of hydrogen-bond donors (Lipinski definition) is 6. The molecule has 2 atom stereocenters. The summed E-state index contributed by atoms with van der Waals surface area (Å²) in [6, 6.07) is 1.34. The fraction of sp³-hybridized carbons (Fsp3) is 0.333. The highest BCUT2D eigenvalue weighted by atomic mass is 16.5. The zero-order chi connectivity index (χ0) is 29.8. The average molecular weight is 551 g/mol. The van der Waals surface area contributed by atoms with E-state index in [-0.39, 0.29) is 61.4 Å². The lowest BCUT2D eigenvalue weighted by atomic mass is 9.66. The van der Waals surface area contributed by atoms with Crippen molar-refractivity contribution in [1.29, 1.82) is 0 Å².